The van der Waals surface area contributed by atoms with E-state index in [2.05, 4.69) is 0 Å². The highest BCUT2D eigenvalue weighted by atomic mass is 16.5. The molecule has 1 aromatic rings. The average molecular weight is 295 g/mol. The van der Waals surface area contributed by atoms with Gasteiger partial charge in [-0.1, -0.05) is 0 Å². The number of benzene rings is 1. The molecule has 1 aliphatic heterocycles. The summed E-state index contributed by atoms with van der Waals surface area (Å²) in [7, 11) is 4.38. The Bertz CT molecular complexity index is 569. The highest BCUT2D eigenvalue weighted by molar-refractivity contribution is 5.84. The molecule has 1 atom stereocenters. The number of ether oxygens (including phenoxy) is 4. The van der Waals surface area contributed by atoms with Gasteiger partial charge in [0.25, 0.3) is 0 Å². The lowest BCUT2D eigenvalue weighted by molar-refractivity contribution is -0.151. The molecule has 0 bridgehead atoms. The second kappa shape index (κ2) is 5.11. The van der Waals surface area contributed by atoms with Crippen LogP contribution in [0, 0.1) is 0 Å². The van der Waals surface area contributed by atoms with E-state index in [-0.39, 0.29) is 0 Å². The number of carbonyl (C=O) groups excluding carboxylic acids is 1. The number of methoxy groups -OCH3 is 3. The van der Waals surface area contributed by atoms with E-state index >= 15 is 0 Å². The van der Waals surface area contributed by atoms with Crippen LogP contribution in [0.5, 0.6) is 17.2 Å². The molecule has 0 amide bonds. The summed E-state index contributed by atoms with van der Waals surface area (Å²) in [5.74, 6) is 0.989. The molecule has 0 radical (unpaired) electrons. The normalized spacial score (nSPS) is 22.8. The Morgan fingerprint density at radius 3 is 2.29 bits per heavy atom. The molecule has 1 heterocycles. The zero-order valence-corrected chi connectivity index (χ0v) is 13.0. The smallest absolute Gasteiger partial charge is 0.330 e. The largest absolute Gasteiger partial charge is 0.493 e. The SMILES string of the molecule is COC(=O)C1(N)CC(C)(C)Oc2cc(OC)c(OC)cc21. The van der Waals surface area contributed by atoms with Gasteiger partial charge in [-0.15, -0.1) is 0 Å². The highest BCUT2D eigenvalue weighted by Crippen LogP contribution is 2.47. The average Bonchev–Trinajstić information content (AvgIpc) is 2.43. The van der Waals surface area contributed by atoms with Gasteiger partial charge in [0, 0.05) is 18.1 Å². The lowest BCUT2D eigenvalue weighted by Crippen LogP contribution is -2.54. The summed E-state index contributed by atoms with van der Waals surface area (Å²) in [6, 6.07) is 3.35. The van der Waals surface area contributed by atoms with Crippen LogP contribution in [0.1, 0.15) is 25.8 Å². The summed E-state index contributed by atoms with van der Waals surface area (Å²) in [5, 5.41) is 0. The van der Waals surface area contributed by atoms with E-state index in [9.17, 15) is 4.79 Å². The number of esters is 1. The van der Waals surface area contributed by atoms with E-state index in [4.69, 9.17) is 24.7 Å². The van der Waals surface area contributed by atoms with E-state index in [1.54, 1.807) is 12.1 Å². The minimum atomic E-state index is -1.29. The van der Waals surface area contributed by atoms with Crippen LogP contribution >= 0.6 is 0 Å². The molecule has 6 nitrogen and oxygen atoms in total. The van der Waals surface area contributed by atoms with Crippen LogP contribution in [-0.2, 0) is 15.1 Å². The zero-order valence-electron chi connectivity index (χ0n) is 13.0. The van der Waals surface area contributed by atoms with Gasteiger partial charge in [-0.2, -0.15) is 0 Å². The van der Waals surface area contributed by atoms with Gasteiger partial charge >= 0.3 is 5.97 Å². The van der Waals surface area contributed by atoms with Crippen molar-refractivity contribution in [2.75, 3.05) is 21.3 Å². The number of carbonyl (C=O) groups is 1. The third kappa shape index (κ3) is 2.51. The first-order chi connectivity index (χ1) is 9.77. The third-order valence-corrected chi connectivity index (χ3v) is 3.61. The summed E-state index contributed by atoms with van der Waals surface area (Å²) < 4.78 is 21.3. The maximum atomic E-state index is 12.2. The predicted molar refractivity (Wildman–Crippen MR) is 76.8 cm³/mol. The van der Waals surface area contributed by atoms with E-state index in [0.717, 1.165) is 0 Å². The number of hydrogen-bond acceptors (Lipinski definition) is 6. The Balaban J connectivity index is 2.67. The standard InChI is InChI=1S/C15H21NO5/c1-14(2)8-15(16,13(17)20-5)9-6-11(18-3)12(19-4)7-10(9)21-14/h6-7H,8,16H2,1-5H3. The Morgan fingerprint density at radius 2 is 1.76 bits per heavy atom. The number of fused-ring (bicyclic) bond motifs is 1. The number of rotatable bonds is 3. The third-order valence-electron chi connectivity index (χ3n) is 3.61. The van der Waals surface area contributed by atoms with Crippen LogP contribution in [0.4, 0.5) is 0 Å². The summed E-state index contributed by atoms with van der Waals surface area (Å²) in [6.45, 7) is 3.74. The van der Waals surface area contributed by atoms with Crippen LogP contribution in [0.25, 0.3) is 0 Å². The molecule has 0 spiro atoms. The molecule has 0 saturated heterocycles. The Labute approximate surface area is 124 Å². The van der Waals surface area contributed by atoms with Crippen molar-refractivity contribution in [2.24, 2.45) is 5.73 Å². The molecule has 0 saturated carbocycles. The van der Waals surface area contributed by atoms with Crippen molar-refractivity contribution in [2.45, 2.75) is 31.4 Å². The molecule has 1 aromatic carbocycles. The molecule has 2 N–H and O–H groups in total. The predicted octanol–water partition coefficient (Wildman–Crippen LogP) is 1.59. The van der Waals surface area contributed by atoms with Crippen molar-refractivity contribution in [1.29, 1.82) is 0 Å². The monoisotopic (exact) mass is 295 g/mol. The second-order valence-corrected chi connectivity index (χ2v) is 5.70. The van der Waals surface area contributed by atoms with Crippen molar-refractivity contribution in [3.63, 3.8) is 0 Å². The molecule has 1 aliphatic rings. The molecule has 2 rings (SSSR count). The Kier molecular flexibility index (Phi) is 3.76. The maximum Gasteiger partial charge on any atom is 0.330 e. The topological polar surface area (TPSA) is 80.0 Å². The molecule has 0 aromatic heterocycles. The van der Waals surface area contributed by atoms with Crippen molar-refractivity contribution in [1.82, 2.24) is 0 Å². The maximum absolute atomic E-state index is 12.2. The van der Waals surface area contributed by atoms with Crippen molar-refractivity contribution >= 4 is 5.97 Å². The van der Waals surface area contributed by atoms with Gasteiger partial charge in [0.1, 0.15) is 16.9 Å². The van der Waals surface area contributed by atoms with E-state index < -0.39 is 17.1 Å². The lowest BCUT2D eigenvalue weighted by Gasteiger charge is -2.42. The van der Waals surface area contributed by atoms with Gasteiger partial charge in [-0.25, -0.2) is 4.79 Å². The molecule has 0 aliphatic carbocycles. The number of nitrogens with two attached hydrogens (primary N) is 1. The minimum Gasteiger partial charge on any atom is -0.493 e. The van der Waals surface area contributed by atoms with Crippen molar-refractivity contribution in [3.8, 4) is 17.2 Å². The first-order valence-electron chi connectivity index (χ1n) is 6.60. The van der Waals surface area contributed by atoms with Crippen LogP contribution in [0.15, 0.2) is 12.1 Å². The Morgan fingerprint density at radius 1 is 1.19 bits per heavy atom. The fourth-order valence-corrected chi connectivity index (χ4v) is 2.76. The minimum absolute atomic E-state index is 0.301. The summed E-state index contributed by atoms with van der Waals surface area (Å²) in [4.78, 5) is 12.2. The lowest BCUT2D eigenvalue weighted by atomic mass is 9.78. The fourth-order valence-electron chi connectivity index (χ4n) is 2.76. The van der Waals surface area contributed by atoms with Gasteiger partial charge in [-0.05, 0) is 19.9 Å². The highest BCUT2D eigenvalue weighted by Gasteiger charge is 2.49. The zero-order chi connectivity index (χ0) is 15.8. The van der Waals surface area contributed by atoms with Crippen LogP contribution in [-0.4, -0.2) is 32.9 Å². The summed E-state index contributed by atoms with van der Waals surface area (Å²) in [5.41, 5.74) is 5.01. The molecule has 0 fully saturated rings. The molecule has 21 heavy (non-hydrogen) atoms. The Hall–Kier alpha value is -1.95. The molecule has 116 valence electrons. The van der Waals surface area contributed by atoms with Gasteiger partial charge in [-0.3, -0.25) is 0 Å². The van der Waals surface area contributed by atoms with Gasteiger partial charge < -0.3 is 24.7 Å². The summed E-state index contributed by atoms with van der Waals surface area (Å²) in [6.07, 6.45) is 0.301. The quantitative estimate of drug-likeness (QED) is 0.853. The first-order valence-corrected chi connectivity index (χ1v) is 6.60. The molecular formula is C15H21NO5. The van der Waals surface area contributed by atoms with E-state index in [0.29, 0.717) is 29.2 Å². The molecule has 1 unspecified atom stereocenters. The van der Waals surface area contributed by atoms with Crippen LogP contribution < -0.4 is 19.9 Å². The van der Waals surface area contributed by atoms with Crippen molar-refractivity contribution < 1.29 is 23.7 Å². The van der Waals surface area contributed by atoms with E-state index in [1.807, 2.05) is 13.8 Å². The van der Waals surface area contributed by atoms with Gasteiger partial charge in [0.2, 0.25) is 0 Å². The van der Waals surface area contributed by atoms with Gasteiger partial charge in [0.05, 0.1) is 21.3 Å². The van der Waals surface area contributed by atoms with Crippen LogP contribution in [0.2, 0.25) is 0 Å². The molecular weight excluding hydrogens is 274 g/mol. The van der Waals surface area contributed by atoms with Crippen LogP contribution in [0.3, 0.4) is 0 Å². The number of hydrogen-bond donors (Lipinski definition) is 1. The van der Waals surface area contributed by atoms with Gasteiger partial charge in [0.15, 0.2) is 11.5 Å². The van der Waals surface area contributed by atoms with E-state index in [1.165, 1.54) is 21.3 Å². The molecule has 6 heteroatoms. The van der Waals surface area contributed by atoms with Crippen molar-refractivity contribution in [3.05, 3.63) is 17.7 Å². The fraction of sp³-hybridized carbons (Fsp3) is 0.533. The summed E-state index contributed by atoms with van der Waals surface area (Å²) >= 11 is 0. The first kappa shape index (κ1) is 15.4. The second-order valence-electron chi connectivity index (χ2n) is 5.70.